The molecule has 0 bridgehead atoms. The molecule has 1 rings (SSSR count). The molecule has 0 heterocycles. The van der Waals surface area contributed by atoms with E-state index in [0.717, 1.165) is 19.3 Å². The number of esters is 1. The summed E-state index contributed by atoms with van der Waals surface area (Å²) >= 11 is 0. The van der Waals surface area contributed by atoms with Crippen molar-refractivity contribution in [1.29, 1.82) is 0 Å². The third kappa shape index (κ3) is 5.22. The molecule has 0 aliphatic heterocycles. The molecule has 0 aromatic heterocycles. The van der Waals surface area contributed by atoms with Crippen molar-refractivity contribution in [2.75, 3.05) is 7.11 Å². The van der Waals surface area contributed by atoms with Crippen molar-refractivity contribution in [3.63, 3.8) is 0 Å². The van der Waals surface area contributed by atoms with Gasteiger partial charge in [0.05, 0.1) is 18.9 Å². The first kappa shape index (κ1) is 19.5. The molecular formula is C17H29NO5. The summed E-state index contributed by atoms with van der Waals surface area (Å²) in [5, 5.41) is 12.3. The Morgan fingerprint density at radius 3 is 2.26 bits per heavy atom. The molecule has 1 aliphatic rings. The van der Waals surface area contributed by atoms with E-state index in [9.17, 15) is 19.5 Å². The first-order chi connectivity index (χ1) is 10.8. The zero-order valence-electron chi connectivity index (χ0n) is 14.5. The van der Waals surface area contributed by atoms with Crippen LogP contribution in [0.4, 0.5) is 0 Å². The van der Waals surface area contributed by atoms with Crippen molar-refractivity contribution >= 4 is 17.8 Å². The third-order valence-electron chi connectivity index (χ3n) is 5.11. The summed E-state index contributed by atoms with van der Waals surface area (Å²) in [6.45, 7) is 5.66. The van der Waals surface area contributed by atoms with Gasteiger partial charge in [-0.15, -0.1) is 0 Å². The van der Waals surface area contributed by atoms with Crippen molar-refractivity contribution in [2.24, 2.45) is 23.7 Å². The second-order valence-corrected chi connectivity index (χ2v) is 6.53. The van der Waals surface area contributed by atoms with E-state index in [1.54, 1.807) is 0 Å². The van der Waals surface area contributed by atoms with Crippen molar-refractivity contribution in [1.82, 2.24) is 5.32 Å². The van der Waals surface area contributed by atoms with E-state index in [2.05, 4.69) is 19.2 Å². The van der Waals surface area contributed by atoms with Crippen LogP contribution in [-0.4, -0.2) is 36.1 Å². The highest BCUT2D eigenvalue weighted by Crippen LogP contribution is 2.41. The molecular weight excluding hydrogens is 298 g/mol. The molecule has 6 heteroatoms. The fourth-order valence-corrected chi connectivity index (χ4v) is 3.72. The summed E-state index contributed by atoms with van der Waals surface area (Å²) in [4.78, 5) is 35.0. The number of aliphatic carboxylic acids is 1. The Hall–Kier alpha value is -1.59. The Balaban J connectivity index is 3.00. The fraction of sp³-hybridized carbons (Fsp3) is 0.824. The predicted octanol–water partition coefficient (Wildman–Crippen LogP) is 2.22. The minimum absolute atomic E-state index is 0.150. The molecule has 1 amide bonds. The summed E-state index contributed by atoms with van der Waals surface area (Å²) in [6, 6.07) is -0.189. The molecule has 1 aliphatic carbocycles. The number of ether oxygens (including phenoxy) is 1. The maximum atomic E-state index is 12.1. The van der Waals surface area contributed by atoms with E-state index in [1.165, 1.54) is 14.0 Å². The monoisotopic (exact) mass is 327 g/mol. The smallest absolute Gasteiger partial charge is 0.309 e. The van der Waals surface area contributed by atoms with Crippen LogP contribution in [0.5, 0.6) is 0 Å². The molecule has 0 aromatic carbocycles. The number of hydrogen-bond donors (Lipinski definition) is 2. The second kappa shape index (κ2) is 8.89. The van der Waals surface area contributed by atoms with E-state index in [-0.39, 0.29) is 30.3 Å². The van der Waals surface area contributed by atoms with E-state index < -0.39 is 17.8 Å². The summed E-state index contributed by atoms with van der Waals surface area (Å²) < 4.78 is 4.86. The number of carboxylic acid groups (broad SMARTS) is 1. The van der Waals surface area contributed by atoms with Gasteiger partial charge in [-0.25, -0.2) is 0 Å². The van der Waals surface area contributed by atoms with Crippen LogP contribution < -0.4 is 5.32 Å². The Bertz CT molecular complexity index is 433. The van der Waals surface area contributed by atoms with E-state index in [0.29, 0.717) is 12.3 Å². The summed E-state index contributed by atoms with van der Waals surface area (Å²) in [6.07, 6.45) is 3.43. The summed E-state index contributed by atoms with van der Waals surface area (Å²) in [5.74, 6) is -2.18. The Morgan fingerprint density at radius 1 is 1.22 bits per heavy atom. The summed E-state index contributed by atoms with van der Waals surface area (Å²) in [5.41, 5.74) is 0. The lowest BCUT2D eigenvalue weighted by atomic mass is 9.82. The van der Waals surface area contributed by atoms with Crippen molar-refractivity contribution in [3.8, 4) is 0 Å². The highest BCUT2D eigenvalue weighted by Gasteiger charge is 2.46. The number of methoxy groups -OCH3 is 1. The molecule has 1 fully saturated rings. The Morgan fingerprint density at radius 2 is 1.83 bits per heavy atom. The lowest BCUT2D eigenvalue weighted by molar-refractivity contribution is -0.147. The zero-order chi connectivity index (χ0) is 17.6. The van der Waals surface area contributed by atoms with Crippen LogP contribution in [0.15, 0.2) is 0 Å². The number of nitrogens with one attached hydrogen (secondary N) is 1. The quantitative estimate of drug-likeness (QED) is 0.667. The van der Waals surface area contributed by atoms with Gasteiger partial charge in [0.1, 0.15) is 0 Å². The fourth-order valence-electron chi connectivity index (χ4n) is 3.72. The standard InChI is InChI=1S/C17H29NO5/c1-5-11(6-2)7-15(18-10(3)19)13-8-12(16(20)21)9-14(13)17(22)23-4/h11-15H,5-9H2,1-4H3,(H,18,19)(H,20,21)/t12-,13-,14?,15+/m1/s1. The maximum absolute atomic E-state index is 12.1. The number of rotatable bonds is 8. The van der Waals surface area contributed by atoms with Gasteiger partial charge in [-0.3, -0.25) is 14.4 Å². The number of carboxylic acids is 1. The molecule has 1 unspecified atom stereocenters. The topological polar surface area (TPSA) is 92.7 Å². The Kier molecular flexibility index (Phi) is 7.52. The van der Waals surface area contributed by atoms with Crippen molar-refractivity contribution in [3.05, 3.63) is 0 Å². The number of carbonyl (C=O) groups excluding carboxylic acids is 2. The van der Waals surface area contributed by atoms with Crippen molar-refractivity contribution in [2.45, 2.75) is 58.9 Å². The maximum Gasteiger partial charge on any atom is 0.309 e. The largest absolute Gasteiger partial charge is 0.481 e. The van der Waals surface area contributed by atoms with Crippen LogP contribution in [0.1, 0.15) is 52.9 Å². The van der Waals surface area contributed by atoms with Crippen LogP contribution >= 0.6 is 0 Å². The third-order valence-corrected chi connectivity index (χ3v) is 5.11. The van der Waals surface area contributed by atoms with E-state index in [4.69, 9.17) is 4.74 Å². The van der Waals surface area contributed by atoms with E-state index in [1.807, 2.05) is 0 Å². The first-order valence-electron chi connectivity index (χ1n) is 8.41. The number of amides is 1. The van der Waals surface area contributed by atoms with Crippen molar-refractivity contribution < 1.29 is 24.2 Å². The average Bonchev–Trinajstić information content (AvgIpc) is 2.95. The molecule has 0 saturated heterocycles. The van der Waals surface area contributed by atoms with Crippen LogP contribution in [0, 0.1) is 23.7 Å². The Labute approximate surface area is 138 Å². The molecule has 6 nitrogen and oxygen atoms in total. The first-order valence-corrected chi connectivity index (χ1v) is 8.41. The average molecular weight is 327 g/mol. The molecule has 0 aromatic rings. The normalized spacial score (nSPS) is 25.2. The molecule has 0 radical (unpaired) electrons. The van der Waals surface area contributed by atoms with Gasteiger partial charge in [0.15, 0.2) is 0 Å². The highest BCUT2D eigenvalue weighted by molar-refractivity contribution is 5.77. The van der Waals surface area contributed by atoms with Gasteiger partial charge in [-0.2, -0.15) is 0 Å². The van der Waals surface area contributed by atoms with Gasteiger partial charge in [0.2, 0.25) is 5.91 Å². The SMILES string of the molecule is CCC(CC)C[C@H](NC(C)=O)[C@@H]1C[C@@H](C(=O)O)CC1C(=O)OC. The van der Waals surface area contributed by atoms with Gasteiger partial charge in [0.25, 0.3) is 0 Å². The highest BCUT2D eigenvalue weighted by atomic mass is 16.5. The van der Waals surface area contributed by atoms with Crippen LogP contribution in [0.2, 0.25) is 0 Å². The second-order valence-electron chi connectivity index (χ2n) is 6.53. The van der Waals surface area contributed by atoms with Crippen LogP contribution in [-0.2, 0) is 19.1 Å². The minimum atomic E-state index is -0.884. The van der Waals surface area contributed by atoms with Gasteiger partial charge >= 0.3 is 11.9 Å². The molecule has 23 heavy (non-hydrogen) atoms. The zero-order valence-corrected chi connectivity index (χ0v) is 14.5. The molecule has 1 saturated carbocycles. The van der Waals surface area contributed by atoms with Gasteiger partial charge in [-0.1, -0.05) is 26.7 Å². The van der Waals surface area contributed by atoms with Crippen LogP contribution in [0.25, 0.3) is 0 Å². The lowest BCUT2D eigenvalue weighted by Gasteiger charge is -2.30. The lowest BCUT2D eigenvalue weighted by Crippen LogP contribution is -2.43. The predicted molar refractivity (Wildman–Crippen MR) is 85.6 cm³/mol. The van der Waals surface area contributed by atoms with Gasteiger partial charge in [-0.05, 0) is 31.1 Å². The molecule has 0 spiro atoms. The number of carbonyl (C=O) groups is 3. The van der Waals surface area contributed by atoms with Crippen LogP contribution in [0.3, 0.4) is 0 Å². The molecule has 2 N–H and O–H groups in total. The number of hydrogen-bond acceptors (Lipinski definition) is 4. The van der Waals surface area contributed by atoms with Gasteiger partial charge in [0, 0.05) is 13.0 Å². The molecule has 132 valence electrons. The summed E-state index contributed by atoms with van der Waals surface area (Å²) in [7, 11) is 1.32. The molecule has 4 atom stereocenters. The van der Waals surface area contributed by atoms with Gasteiger partial charge < -0.3 is 15.2 Å². The minimum Gasteiger partial charge on any atom is -0.481 e. The van der Waals surface area contributed by atoms with E-state index >= 15 is 0 Å².